The van der Waals surface area contributed by atoms with Crippen molar-refractivity contribution in [1.82, 2.24) is 29.2 Å². The van der Waals surface area contributed by atoms with Crippen molar-refractivity contribution in [2.75, 3.05) is 31.6 Å². The van der Waals surface area contributed by atoms with E-state index in [4.69, 9.17) is 14.8 Å². The third kappa shape index (κ3) is 4.92. The molecule has 3 aromatic heterocycles. The van der Waals surface area contributed by atoms with Gasteiger partial charge in [-0.15, -0.1) is 0 Å². The summed E-state index contributed by atoms with van der Waals surface area (Å²) in [4.78, 5) is 36.9. The summed E-state index contributed by atoms with van der Waals surface area (Å²) < 4.78 is 9.79. The summed E-state index contributed by atoms with van der Waals surface area (Å²) in [6, 6.07) is 7.85. The maximum atomic E-state index is 13.3. The second-order valence-corrected chi connectivity index (χ2v) is 10.4. The Hall–Kier alpha value is -4.05. The molecule has 1 atom stereocenters. The Balaban J connectivity index is 1.47. The molecule has 0 spiro atoms. The molecule has 2 fully saturated rings. The molecule has 2 aliphatic heterocycles. The number of aryl methyl sites for hydroxylation is 1. The molecule has 2 amide bonds. The number of carbonyl (C=O) groups excluding carboxylic acids is 2. The summed E-state index contributed by atoms with van der Waals surface area (Å²) in [5, 5.41) is 8.80. The number of pyridine rings is 1. The zero-order valence-electron chi connectivity index (χ0n) is 22.2. The molecule has 2 aliphatic rings. The molecule has 0 unspecified atom stereocenters. The van der Waals surface area contributed by atoms with Gasteiger partial charge in [-0.1, -0.05) is 6.58 Å². The van der Waals surface area contributed by atoms with Crippen molar-refractivity contribution >= 4 is 39.7 Å². The summed E-state index contributed by atoms with van der Waals surface area (Å²) in [6.45, 7) is 8.21. The van der Waals surface area contributed by atoms with Gasteiger partial charge in [0.05, 0.1) is 34.8 Å². The van der Waals surface area contributed by atoms with Gasteiger partial charge in [0.25, 0.3) is 5.91 Å². The van der Waals surface area contributed by atoms with Crippen LogP contribution in [0.2, 0.25) is 0 Å². The molecule has 10 heteroatoms. The van der Waals surface area contributed by atoms with Crippen LogP contribution in [-0.4, -0.2) is 67.3 Å². The first-order valence-corrected chi connectivity index (χ1v) is 13.6. The van der Waals surface area contributed by atoms with Gasteiger partial charge in [0.2, 0.25) is 11.9 Å². The summed E-state index contributed by atoms with van der Waals surface area (Å²) in [7, 11) is 0. The third-order valence-corrected chi connectivity index (χ3v) is 7.82. The van der Waals surface area contributed by atoms with Crippen LogP contribution in [0, 0.1) is 6.92 Å². The molecule has 202 valence electrons. The van der Waals surface area contributed by atoms with Crippen molar-refractivity contribution < 1.29 is 14.3 Å². The highest BCUT2D eigenvalue weighted by Gasteiger charge is 2.28. The molecule has 1 N–H and O–H groups in total. The number of fused-ring (bicyclic) bond motifs is 2. The lowest BCUT2D eigenvalue weighted by Crippen LogP contribution is -2.34. The minimum atomic E-state index is -0.248. The molecule has 0 radical (unpaired) electrons. The lowest BCUT2D eigenvalue weighted by atomic mass is 10.1. The maximum Gasteiger partial charge on any atom is 0.258 e. The first-order valence-electron chi connectivity index (χ1n) is 13.6. The van der Waals surface area contributed by atoms with Gasteiger partial charge in [-0.05, 0) is 69.4 Å². The highest BCUT2D eigenvalue weighted by molar-refractivity contribution is 6.04. The molecule has 10 nitrogen and oxygen atoms in total. The Labute approximate surface area is 226 Å². The van der Waals surface area contributed by atoms with Crippen molar-refractivity contribution in [3.05, 3.63) is 60.6 Å². The lowest BCUT2D eigenvalue weighted by Gasteiger charge is -2.26. The van der Waals surface area contributed by atoms with Gasteiger partial charge in [-0.3, -0.25) is 24.6 Å². The van der Waals surface area contributed by atoms with Crippen molar-refractivity contribution in [2.24, 2.45) is 0 Å². The zero-order valence-corrected chi connectivity index (χ0v) is 22.2. The molecule has 39 heavy (non-hydrogen) atoms. The van der Waals surface area contributed by atoms with E-state index in [9.17, 15) is 9.59 Å². The summed E-state index contributed by atoms with van der Waals surface area (Å²) in [5.41, 5.74) is 4.01. The number of benzene rings is 1. The molecule has 2 saturated heterocycles. The van der Waals surface area contributed by atoms with Crippen molar-refractivity contribution in [1.29, 1.82) is 0 Å². The van der Waals surface area contributed by atoms with Gasteiger partial charge in [0.15, 0.2) is 0 Å². The SMILES string of the molecule is C=CC(=O)N1CCCC[C@@H](n2c(NC(=O)c3ccnc(C)c3)nc3cc4cnn(C5CCOCC5)c4cc32)C1. The van der Waals surface area contributed by atoms with E-state index in [2.05, 4.69) is 32.2 Å². The van der Waals surface area contributed by atoms with Crippen molar-refractivity contribution in [3.8, 4) is 0 Å². The number of nitrogens with zero attached hydrogens (tertiary/aromatic N) is 6. The van der Waals surface area contributed by atoms with Crippen LogP contribution in [0.1, 0.15) is 60.2 Å². The van der Waals surface area contributed by atoms with Crippen molar-refractivity contribution in [3.63, 3.8) is 0 Å². The quantitative estimate of drug-likeness (QED) is 0.385. The smallest absolute Gasteiger partial charge is 0.258 e. The molecular weight excluding hydrogens is 494 g/mol. The summed E-state index contributed by atoms with van der Waals surface area (Å²) in [5.74, 6) is 0.146. The number of likely N-dealkylation sites (tertiary alicyclic amines) is 1. The normalized spacial score (nSPS) is 18.8. The molecule has 0 bridgehead atoms. The van der Waals surface area contributed by atoms with E-state index < -0.39 is 0 Å². The van der Waals surface area contributed by atoms with Gasteiger partial charge >= 0.3 is 0 Å². The number of carbonyl (C=O) groups is 2. The van der Waals surface area contributed by atoms with Gasteiger partial charge in [0.1, 0.15) is 0 Å². The molecule has 5 heterocycles. The fourth-order valence-electron chi connectivity index (χ4n) is 5.83. The number of anilines is 1. The van der Waals surface area contributed by atoms with E-state index in [-0.39, 0.29) is 23.9 Å². The number of hydrogen-bond donors (Lipinski definition) is 1. The topological polar surface area (TPSA) is 107 Å². The molecular formula is C29H33N7O3. The van der Waals surface area contributed by atoms with Crippen LogP contribution in [0.3, 0.4) is 0 Å². The lowest BCUT2D eigenvalue weighted by molar-refractivity contribution is -0.126. The van der Waals surface area contributed by atoms with Crippen LogP contribution in [0.25, 0.3) is 21.9 Å². The first-order chi connectivity index (χ1) is 19.0. The number of ether oxygens (including phenoxy) is 1. The van der Waals surface area contributed by atoms with E-state index in [1.54, 1.807) is 18.3 Å². The van der Waals surface area contributed by atoms with Crippen LogP contribution in [-0.2, 0) is 9.53 Å². The number of imidazole rings is 1. The number of aromatic nitrogens is 5. The minimum absolute atomic E-state index is 0.0622. The van der Waals surface area contributed by atoms with E-state index in [1.165, 1.54) is 6.08 Å². The largest absolute Gasteiger partial charge is 0.381 e. The Morgan fingerprint density at radius 2 is 1.95 bits per heavy atom. The Bertz CT molecular complexity index is 1550. The van der Waals surface area contributed by atoms with Crippen LogP contribution >= 0.6 is 0 Å². The van der Waals surface area contributed by atoms with Crippen LogP contribution in [0.5, 0.6) is 0 Å². The highest BCUT2D eigenvalue weighted by Crippen LogP contribution is 2.34. The monoisotopic (exact) mass is 527 g/mol. The van der Waals surface area contributed by atoms with Crippen molar-refractivity contribution in [2.45, 2.75) is 51.1 Å². The number of hydrogen-bond acceptors (Lipinski definition) is 6. The van der Waals surface area contributed by atoms with Gasteiger partial charge in [-0.2, -0.15) is 5.10 Å². The molecule has 4 aromatic rings. The standard InChI is InChI=1S/C29H33N7O3/c1-3-27(37)34-11-5-4-6-23(18-34)35-26-16-25-21(17-31-36(25)22-8-12-39-13-9-22)15-24(26)32-29(35)33-28(38)20-7-10-30-19(2)14-20/h3,7,10,14-17,22-23H,1,4-6,8-9,11-13,18H2,2H3,(H,32,33,38)/t23-/m1/s1. The number of rotatable bonds is 5. The Kier molecular flexibility index (Phi) is 6.86. The second-order valence-electron chi connectivity index (χ2n) is 10.4. The average Bonchev–Trinajstić information content (AvgIpc) is 3.42. The van der Waals surface area contributed by atoms with E-state index in [0.29, 0.717) is 24.6 Å². The Morgan fingerprint density at radius 3 is 2.74 bits per heavy atom. The first kappa shape index (κ1) is 25.2. The summed E-state index contributed by atoms with van der Waals surface area (Å²) >= 11 is 0. The maximum absolute atomic E-state index is 13.3. The molecule has 0 saturated carbocycles. The van der Waals surface area contributed by atoms with Gasteiger partial charge < -0.3 is 14.2 Å². The summed E-state index contributed by atoms with van der Waals surface area (Å²) in [6.07, 6.45) is 9.47. The van der Waals surface area contributed by atoms with Gasteiger partial charge in [0, 0.05) is 49.1 Å². The fourth-order valence-corrected chi connectivity index (χ4v) is 5.83. The third-order valence-electron chi connectivity index (χ3n) is 7.82. The Morgan fingerprint density at radius 1 is 1.10 bits per heavy atom. The van der Waals surface area contributed by atoms with E-state index in [0.717, 1.165) is 72.9 Å². The van der Waals surface area contributed by atoms with E-state index >= 15 is 0 Å². The zero-order chi connectivity index (χ0) is 26.9. The fraction of sp³-hybridized carbons (Fsp3) is 0.414. The van der Waals surface area contributed by atoms with Crippen LogP contribution < -0.4 is 5.32 Å². The van der Waals surface area contributed by atoms with E-state index in [1.807, 2.05) is 24.1 Å². The minimum Gasteiger partial charge on any atom is -0.381 e. The number of nitrogens with one attached hydrogen (secondary N) is 1. The molecule has 1 aromatic carbocycles. The molecule has 0 aliphatic carbocycles. The van der Waals surface area contributed by atoms with Crippen LogP contribution in [0.15, 0.2) is 49.3 Å². The second kappa shape index (κ2) is 10.6. The van der Waals surface area contributed by atoms with Gasteiger partial charge in [-0.25, -0.2) is 4.98 Å². The molecule has 6 rings (SSSR count). The predicted molar refractivity (Wildman–Crippen MR) is 149 cm³/mol. The average molecular weight is 528 g/mol. The number of amides is 2. The van der Waals surface area contributed by atoms with Crippen LogP contribution in [0.4, 0.5) is 5.95 Å². The predicted octanol–water partition coefficient (Wildman–Crippen LogP) is 4.43. The highest BCUT2D eigenvalue weighted by atomic mass is 16.5.